The lowest BCUT2D eigenvalue weighted by Crippen LogP contribution is -2.34. The first-order chi connectivity index (χ1) is 8.11. The molecule has 1 aromatic rings. The van der Waals surface area contributed by atoms with Gasteiger partial charge in [-0.25, -0.2) is 0 Å². The smallest absolute Gasteiger partial charge is 0.119 e. The van der Waals surface area contributed by atoms with Gasteiger partial charge >= 0.3 is 0 Å². The summed E-state index contributed by atoms with van der Waals surface area (Å²) in [5.74, 6) is 0.922. The monoisotopic (exact) mass is 299 g/mol. The molecule has 0 aliphatic heterocycles. The average molecular weight is 300 g/mol. The molecule has 1 rings (SSSR count). The molecule has 0 heterocycles. The topological polar surface area (TPSA) is 21.3 Å². The van der Waals surface area contributed by atoms with Gasteiger partial charge < -0.3 is 10.1 Å². The van der Waals surface area contributed by atoms with Crippen LogP contribution in [0.5, 0.6) is 5.75 Å². The Morgan fingerprint density at radius 1 is 1.24 bits per heavy atom. The number of benzene rings is 1. The molecule has 0 fully saturated rings. The highest BCUT2D eigenvalue weighted by atomic mass is 79.9. The number of ether oxygens (including phenoxy) is 1. The lowest BCUT2D eigenvalue weighted by molar-refractivity contribution is 0.211. The van der Waals surface area contributed by atoms with E-state index in [2.05, 4.69) is 42.0 Å². The van der Waals surface area contributed by atoms with Gasteiger partial charge in [0, 0.05) is 17.1 Å². The van der Waals surface area contributed by atoms with Gasteiger partial charge in [0.15, 0.2) is 0 Å². The highest BCUT2D eigenvalue weighted by molar-refractivity contribution is 9.10. The van der Waals surface area contributed by atoms with Crippen molar-refractivity contribution in [2.45, 2.75) is 45.8 Å². The molecule has 0 radical (unpaired) electrons. The quantitative estimate of drug-likeness (QED) is 0.822. The molecule has 1 aromatic carbocycles. The third kappa shape index (κ3) is 6.08. The Hall–Kier alpha value is -0.540. The van der Waals surface area contributed by atoms with Gasteiger partial charge in [-0.15, -0.1) is 0 Å². The van der Waals surface area contributed by atoms with Crippen molar-refractivity contribution in [3.63, 3.8) is 0 Å². The second kappa shape index (κ2) is 7.72. The Balaban J connectivity index is 2.29. The number of hydrogen-bond acceptors (Lipinski definition) is 2. The summed E-state index contributed by atoms with van der Waals surface area (Å²) in [6.07, 6.45) is 2.62. The molecule has 3 heteroatoms. The van der Waals surface area contributed by atoms with Gasteiger partial charge in [0.1, 0.15) is 11.9 Å². The van der Waals surface area contributed by atoms with Crippen LogP contribution in [0, 0.1) is 0 Å². The van der Waals surface area contributed by atoms with Crippen molar-refractivity contribution >= 4 is 15.9 Å². The van der Waals surface area contributed by atoms with Crippen LogP contribution in [0.1, 0.15) is 33.6 Å². The van der Waals surface area contributed by atoms with Crippen molar-refractivity contribution in [1.82, 2.24) is 5.32 Å². The van der Waals surface area contributed by atoms with Crippen molar-refractivity contribution in [3.05, 3.63) is 28.7 Å². The molecule has 0 saturated heterocycles. The molecule has 0 bridgehead atoms. The number of rotatable bonds is 7. The van der Waals surface area contributed by atoms with Crippen molar-refractivity contribution < 1.29 is 4.74 Å². The molecule has 0 aliphatic rings. The molecule has 96 valence electrons. The number of nitrogens with one attached hydrogen (secondary N) is 1. The zero-order valence-electron chi connectivity index (χ0n) is 10.9. The van der Waals surface area contributed by atoms with Crippen LogP contribution in [0.2, 0.25) is 0 Å². The van der Waals surface area contributed by atoms with E-state index in [1.807, 2.05) is 24.3 Å². The minimum atomic E-state index is 0.190. The fourth-order valence-electron chi connectivity index (χ4n) is 1.69. The van der Waals surface area contributed by atoms with Gasteiger partial charge in [-0.3, -0.25) is 0 Å². The van der Waals surface area contributed by atoms with Crippen molar-refractivity contribution in [2.24, 2.45) is 0 Å². The molecule has 0 saturated carbocycles. The summed E-state index contributed by atoms with van der Waals surface area (Å²) in [5.41, 5.74) is 0. The van der Waals surface area contributed by atoms with Gasteiger partial charge in [-0.05, 0) is 44.5 Å². The van der Waals surface area contributed by atoms with E-state index in [-0.39, 0.29) is 6.10 Å². The SMILES string of the molecule is CCCC(C)NCC(C)Oc1ccc(Br)cc1. The van der Waals surface area contributed by atoms with Gasteiger partial charge in [0.05, 0.1) is 0 Å². The maximum Gasteiger partial charge on any atom is 0.119 e. The van der Waals surface area contributed by atoms with E-state index in [0.717, 1.165) is 16.8 Å². The first-order valence-corrected chi connectivity index (χ1v) is 7.06. The molecule has 0 spiro atoms. The predicted octanol–water partition coefficient (Wildman–Crippen LogP) is 3.99. The van der Waals surface area contributed by atoms with Crippen molar-refractivity contribution in [1.29, 1.82) is 0 Å². The van der Waals surface area contributed by atoms with Gasteiger partial charge in [0.2, 0.25) is 0 Å². The van der Waals surface area contributed by atoms with Crippen LogP contribution >= 0.6 is 15.9 Å². The summed E-state index contributed by atoms with van der Waals surface area (Å²) >= 11 is 3.41. The van der Waals surface area contributed by atoms with Crippen LogP contribution in [0.4, 0.5) is 0 Å². The fourth-order valence-corrected chi connectivity index (χ4v) is 1.95. The Bertz CT molecular complexity index is 313. The van der Waals surface area contributed by atoms with Crippen LogP contribution in [0.15, 0.2) is 28.7 Å². The summed E-state index contributed by atoms with van der Waals surface area (Å²) in [7, 11) is 0. The van der Waals surface area contributed by atoms with E-state index in [9.17, 15) is 0 Å². The standard InChI is InChI=1S/C14H22BrNO/c1-4-5-11(2)16-10-12(3)17-14-8-6-13(15)7-9-14/h6-9,11-12,16H,4-5,10H2,1-3H3. The zero-order valence-corrected chi connectivity index (χ0v) is 12.5. The predicted molar refractivity (Wildman–Crippen MR) is 76.6 cm³/mol. The van der Waals surface area contributed by atoms with E-state index in [1.54, 1.807) is 0 Å². The first-order valence-electron chi connectivity index (χ1n) is 6.27. The van der Waals surface area contributed by atoms with E-state index in [0.29, 0.717) is 6.04 Å². The molecule has 2 atom stereocenters. The zero-order chi connectivity index (χ0) is 12.7. The molecule has 2 nitrogen and oxygen atoms in total. The lowest BCUT2D eigenvalue weighted by atomic mass is 10.2. The molecular weight excluding hydrogens is 278 g/mol. The second-order valence-corrected chi connectivity index (χ2v) is 5.40. The fraction of sp³-hybridized carbons (Fsp3) is 0.571. The molecular formula is C14H22BrNO. The average Bonchev–Trinajstić information content (AvgIpc) is 2.30. The van der Waals surface area contributed by atoms with Gasteiger partial charge in [0.25, 0.3) is 0 Å². The third-order valence-electron chi connectivity index (χ3n) is 2.63. The molecule has 0 aromatic heterocycles. The van der Waals surface area contributed by atoms with E-state index >= 15 is 0 Å². The molecule has 0 aliphatic carbocycles. The maximum atomic E-state index is 5.81. The van der Waals surface area contributed by atoms with Crippen LogP contribution in [0.25, 0.3) is 0 Å². The normalized spacial score (nSPS) is 14.4. The van der Waals surface area contributed by atoms with E-state index < -0.39 is 0 Å². The maximum absolute atomic E-state index is 5.81. The molecule has 17 heavy (non-hydrogen) atoms. The molecule has 0 amide bonds. The van der Waals surface area contributed by atoms with Crippen LogP contribution in [-0.2, 0) is 0 Å². The van der Waals surface area contributed by atoms with Crippen LogP contribution < -0.4 is 10.1 Å². The molecule has 1 N–H and O–H groups in total. The van der Waals surface area contributed by atoms with E-state index in [4.69, 9.17) is 4.74 Å². The van der Waals surface area contributed by atoms with Crippen LogP contribution in [0.3, 0.4) is 0 Å². The Morgan fingerprint density at radius 2 is 1.88 bits per heavy atom. The summed E-state index contributed by atoms with van der Waals surface area (Å²) in [6, 6.07) is 8.52. The Kier molecular flexibility index (Phi) is 6.60. The summed E-state index contributed by atoms with van der Waals surface area (Å²) in [6.45, 7) is 7.40. The second-order valence-electron chi connectivity index (χ2n) is 4.48. The van der Waals surface area contributed by atoms with Gasteiger partial charge in [-0.1, -0.05) is 29.3 Å². The van der Waals surface area contributed by atoms with Gasteiger partial charge in [-0.2, -0.15) is 0 Å². The molecule has 2 unspecified atom stereocenters. The first kappa shape index (κ1) is 14.5. The minimum Gasteiger partial charge on any atom is -0.489 e. The Labute approximate surface area is 113 Å². The summed E-state index contributed by atoms with van der Waals surface area (Å²) < 4.78 is 6.89. The number of hydrogen-bond donors (Lipinski definition) is 1. The minimum absolute atomic E-state index is 0.190. The highest BCUT2D eigenvalue weighted by Crippen LogP contribution is 2.17. The summed E-state index contributed by atoms with van der Waals surface area (Å²) in [4.78, 5) is 0. The highest BCUT2D eigenvalue weighted by Gasteiger charge is 2.06. The lowest BCUT2D eigenvalue weighted by Gasteiger charge is -2.18. The Morgan fingerprint density at radius 3 is 2.47 bits per heavy atom. The van der Waals surface area contributed by atoms with E-state index in [1.165, 1.54) is 12.8 Å². The van der Waals surface area contributed by atoms with Crippen molar-refractivity contribution in [3.8, 4) is 5.75 Å². The third-order valence-corrected chi connectivity index (χ3v) is 3.16. The number of halogens is 1. The summed E-state index contributed by atoms with van der Waals surface area (Å²) in [5, 5.41) is 3.48. The van der Waals surface area contributed by atoms with Crippen LogP contribution in [-0.4, -0.2) is 18.7 Å². The van der Waals surface area contributed by atoms with Crippen molar-refractivity contribution in [2.75, 3.05) is 6.54 Å². The largest absolute Gasteiger partial charge is 0.489 e.